The average Bonchev–Trinajstić information content (AvgIpc) is 2.99. The van der Waals surface area contributed by atoms with Crippen LogP contribution in [-0.4, -0.2) is 27.6 Å². The van der Waals surface area contributed by atoms with Crippen molar-refractivity contribution in [2.24, 2.45) is 0 Å². The predicted molar refractivity (Wildman–Crippen MR) is 90.7 cm³/mol. The Kier molecular flexibility index (Phi) is 7.10. The van der Waals surface area contributed by atoms with Gasteiger partial charge < -0.3 is 4.74 Å². The van der Waals surface area contributed by atoms with E-state index < -0.39 is 0 Å². The van der Waals surface area contributed by atoms with Gasteiger partial charge in [-0.15, -0.1) is 0 Å². The molecule has 1 aliphatic rings. The summed E-state index contributed by atoms with van der Waals surface area (Å²) in [6.07, 6.45) is 16.4. The summed E-state index contributed by atoms with van der Waals surface area (Å²) in [6, 6.07) is 0. The van der Waals surface area contributed by atoms with Crippen molar-refractivity contribution in [1.82, 2.24) is 15.4 Å². The fourth-order valence-electron chi connectivity index (χ4n) is 3.07. The smallest absolute Gasteiger partial charge is 0.108 e. The van der Waals surface area contributed by atoms with Crippen molar-refractivity contribution in [3.63, 3.8) is 0 Å². The van der Waals surface area contributed by atoms with E-state index in [1.807, 2.05) is 0 Å². The van der Waals surface area contributed by atoms with Gasteiger partial charge in [0.2, 0.25) is 0 Å². The van der Waals surface area contributed by atoms with Gasteiger partial charge in [-0.1, -0.05) is 64.9 Å². The lowest BCUT2D eigenvalue weighted by Gasteiger charge is -2.32. The monoisotopic (exact) mass is 305 g/mol. The number of unbranched alkanes of at least 4 members (excludes halogenated alkanes) is 6. The number of aromatic amines is 1. The quantitative estimate of drug-likeness (QED) is 0.604. The second-order valence-electron chi connectivity index (χ2n) is 6.45. The summed E-state index contributed by atoms with van der Waals surface area (Å²) in [4.78, 5) is 0. The van der Waals surface area contributed by atoms with Gasteiger partial charge in [-0.25, -0.2) is 0 Å². The first-order chi connectivity index (χ1) is 10.8. The van der Waals surface area contributed by atoms with Crippen molar-refractivity contribution >= 4 is 6.08 Å². The number of rotatable bonds is 11. The van der Waals surface area contributed by atoms with Crippen molar-refractivity contribution < 1.29 is 4.74 Å². The Morgan fingerprint density at radius 2 is 1.82 bits per heavy atom. The second-order valence-corrected chi connectivity index (χ2v) is 6.45. The molecule has 1 unspecified atom stereocenters. The molecule has 0 spiro atoms. The van der Waals surface area contributed by atoms with E-state index in [0.29, 0.717) is 0 Å². The van der Waals surface area contributed by atoms with Crippen molar-refractivity contribution in [1.29, 1.82) is 0 Å². The molecule has 4 nitrogen and oxygen atoms in total. The molecule has 1 heterocycles. The molecular formula is C18H31N3O. The van der Waals surface area contributed by atoms with Crippen molar-refractivity contribution in [2.45, 2.75) is 83.7 Å². The number of fused-ring (bicyclic) bond motifs is 1. The van der Waals surface area contributed by atoms with Gasteiger partial charge in [0, 0.05) is 13.0 Å². The van der Waals surface area contributed by atoms with Crippen LogP contribution in [0.3, 0.4) is 0 Å². The molecule has 0 aromatic carbocycles. The summed E-state index contributed by atoms with van der Waals surface area (Å²) in [7, 11) is 0. The van der Waals surface area contributed by atoms with Gasteiger partial charge in [-0.2, -0.15) is 15.4 Å². The zero-order valence-electron chi connectivity index (χ0n) is 14.2. The fourth-order valence-corrected chi connectivity index (χ4v) is 3.07. The molecule has 0 amide bonds. The maximum Gasteiger partial charge on any atom is 0.108 e. The van der Waals surface area contributed by atoms with Crippen LogP contribution in [0.5, 0.6) is 0 Å². The Balaban J connectivity index is 1.80. The Labute approximate surface area is 134 Å². The molecule has 1 aliphatic carbocycles. The van der Waals surface area contributed by atoms with E-state index in [-0.39, 0.29) is 5.60 Å². The van der Waals surface area contributed by atoms with Crippen LogP contribution in [0.15, 0.2) is 6.08 Å². The third kappa shape index (κ3) is 4.94. The van der Waals surface area contributed by atoms with E-state index in [2.05, 4.69) is 41.4 Å². The topological polar surface area (TPSA) is 50.8 Å². The first-order valence-electron chi connectivity index (χ1n) is 9.02. The minimum atomic E-state index is -0.163. The van der Waals surface area contributed by atoms with Crippen LogP contribution in [0.4, 0.5) is 0 Å². The molecule has 0 saturated heterocycles. The van der Waals surface area contributed by atoms with E-state index in [1.165, 1.54) is 44.9 Å². The molecule has 22 heavy (non-hydrogen) atoms. The normalized spacial score (nSPS) is 20.3. The third-order valence-corrected chi connectivity index (χ3v) is 4.50. The lowest BCUT2D eigenvalue weighted by Crippen LogP contribution is -2.35. The highest BCUT2D eigenvalue weighted by Crippen LogP contribution is 2.31. The Morgan fingerprint density at radius 1 is 1.05 bits per heavy atom. The third-order valence-electron chi connectivity index (χ3n) is 4.50. The Morgan fingerprint density at radius 3 is 2.64 bits per heavy atom. The molecule has 0 fully saturated rings. The van der Waals surface area contributed by atoms with Crippen LogP contribution in [0.2, 0.25) is 0 Å². The van der Waals surface area contributed by atoms with Gasteiger partial charge in [-0.05, 0) is 18.9 Å². The zero-order chi connectivity index (χ0) is 15.7. The Hall–Kier alpha value is -1.16. The van der Waals surface area contributed by atoms with E-state index in [0.717, 1.165) is 37.3 Å². The first kappa shape index (κ1) is 17.2. The average molecular weight is 305 g/mol. The summed E-state index contributed by atoms with van der Waals surface area (Å²) in [6.45, 7) is 5.34. The molecule has 2 rings (SSSR count). The molecule has 0 radical (unpaired) electrons. The summed E-state index contributed by atoms with van der Waals surface area (Å²) < 4.78 is 6.34. The van der Waals surface area contributed by atoms with E-state index in [9.17, 15) is 0 Å². The largest absolute Gasteiger partial charge is 0.371 e. The SMILES string of the molecule is CCCCCCCCOC1(CCCC)C=Cc2n[nH]nc2C1. The molecule has 1 N–H and O–H groups in total. The number of aromatic nitrogens is 3. The van der Waals surface area contributed by atoms with Crippen molar-refractivity contribution in [3.05, 3.63) is 17.5 Å². The molecule has 1 atom stereocenters. The van der Waals surface area contributed by atoms with Crippen molar-refractivity contribution in [3.8, 4) is 0 Å². The summed E-state index contributed by atoms with van der Waals surface area (Å²) in [5.41, 5.74) is 1.85. The van der Waals surface area contributed by atoms with Gasteiger partial charge in [0.1, 0.15) is 5.69 Å². The molecule has 0 aliphatic heterocycles. The molecule has 0 saturated carbocycles. The van der Waals surface area contributed by atoms with Crippen LogP contribution in [0.25, 0.3) is 6.08 Å². The Bertz CT molecular complexity index is 455. The molecule has 0 bridgehead atoms. The minimum absolute atomic E-state index is 0.163. The molecular weight excluding hydrogens is 274 g/mol. The first-order valence-corrected chi connectivity index (χ1v) is 9.02. The van der Waals surface area contributed by atoms with Gasteiger partial charge in [0.25, 0.3) is 0 Å². The van der Waals surface area contributed by atoms with Crippen molar-refractivity contribution in [2.75, 3.05) is 6.61 Å². The van der Waals surface area contributed by atoms with Crippen LogP contribution in [0, 0.1) is 0 Å². The highest BCUT2D eigenvalue weighted by atomic mass is 16.5. The second kappa shape index (κ2) is 9.09. The fraction of sp³-hybridized carbons (Fsp3) is 0.778. The maximum atomic E-state index is 6.34. The predicted octanol–water partition coefficient (Wildman–Crippen LogP) is 4.68. The van der Waals surface area contributed by atoms with Crippen LogP contribution >= 0.6 is 0 Å². The summed E-state index contributed by atoms with van der Waals surface area (Å²) >= 11 is 0. The lowest BCUT2D eigenvalue weighted by atomic mass is 9.86. The van der Waals surface area contributed by atoms with Crippen LogP contribution < -0.4 is 0 Å². The number of hydrogen-bond acceptors (Lipinski definition) is 3. The van der Waals surface area contributed by atoms with E-state index >= 15 is 0 Å². The van der Waals surface area contributed by atoms with E-state index in [1.54, 1.807) is 0 Å². The number of nitrogens with zero attached hydrogens (tertiary/aromatic N) is 2. The molecule has 1 aromatic heterocycles. The summed E-state index contributed by atoms with van der Waals surface area (Å²) in [5, 5.41) is 11.2. The number of H-pyrrole nitrogens is 1. The van der Waals surface area contributed by atoms with Gasteiger partial charge in [-0.3, -0.25) is 0 Å². The van der Waals surface area contributed by atoms with Gasteiger partial charge in [0.05, 0.1) is 11.3 Å². The molecule has 4 heteroatoms. The highest BCUT2D eigenvalue weighted by Gasteiger charge is 2.33. The molecule has 1 aromatic rings. The van der Waals surface area contributed by atoms with Crippen LogP contribution in [-0.2, 0) is 11.2 Å². The highest BCUT2D eigenvalue weighted by molar-refractivity contribution is 5.52. The number of nitrogens with one attached hydrogen (secondary N) is 1. The summed E-state index contributed by atoms with van der Waals surface area (Å²) in [5.74, 6) is 0. The van der Waals surface area contributed by atoms with E-state index in [4.69, 9.17) is 4.74 Å². The van der Waals surface area contributed by atoms with Gasteiger partial charge in [0.15, 0.2) is 0 Å². The standard InChI is InChI=1S/C18H31N3O/c1-3-5-7-8-9-10-14-22-18(12-6-4-2)13-11-16-17(15-18)20-21-19-16/h11,13H,3-10,12,14-15H2,1-2H3,(H,19,20,21). The maximum absolute atomic E-state index is 6.34. The minimum Gasteiger partial charge on any atom is -0.371 e. The zero-order valence-corrected chi connectivity index (χ0v) is 14.2. The number of hydrogen-bond donors (Lipinski definition) is 1. The molecule has 124 valence electrons. The van der Waals surface area contributed by atoms with Crippen LogP contribution in [0.1, 0.15) is 83.0 Å². The lowest BCUT2D eigenvalue weighted by molar-refractivity contribution is -0.0185. The van der Waals surface area contributed by atoms with Gasteiger partial charge >= 0.3 is 0 Å². The number of ether oxygens (including phenoxy) is 1.